The predicted octanol–water partition coefficient (Wildman–Crippen LogP) is 1.18. The van der Waals surface area contributed by atoms with Crippen LogP contribution >= 0.6 is 24.8 Å². The van der Waals surface area contributed by atoms with Gasteiger partial charge in [0.05, 0.1) is 17.6 Å². The molecule has 124 valence electrons. The fourth-order valence-electron chi connectivity index (χ4n) is 1.84. The van der Waals surface area contributed by atoms with Gasteiger partial charge in [0.25, 0.3) is 0 Å². The number of aromatic nitrogens is 2. The first-order chi connectivity index (χ1) is 9.60. The number of ether oxygens (including phenoxy) is 1. The zero-order valence-corrected chi connectivity index (χ0v) is 13.6. The molecule has 1 amide bonds. The molecule has 22 heavy (non-hydrogen) atoms. The van der Waals surface area contributed by atoms with Gasteiger partial charge in [-0.1, -0.05) is 0 Å². The summed E-state index contributed by atoms with van der Waals surface area (Å²) in [6.07, 6.45) is 0.516. The molecule has 0 bridgehead atoms. The van der Waals surface area contributed by atoms with Gasteiger partial charge in [0, 0.05) is 20.1 Å². The van der Waals surface area contributed by atoms with Crippen LogP contribution < -0.4 is 11.1 Å². The average molecular weight is 353 g/mol. The van der Waals surface area contributed by atoms with Gasteiger partial charge < -0.3 is 20.8 Å². The number of halogens is 3. The number of nitrogens with zero attached hydrogens (tertiary/aromatic N) is 1. The number of amides is 1. The molecule has 0 saturated heterocycles. The molecule has 0 fully saturated rings. The molecule has 0 saturated carbocycles. The Bertz CT molecular complexity index is 609. The van der Waals surface area contributed by atoms with Crippen molar-refractivity contribution >= 4 is 41.8 Å². The molecular formula is C13H19Cl2FN4O2. The van der Waals surface area contributed by atoms with Crippen LogP contribution in [0, 0.1) is 5.82 Å². The van der Waals surface area contributed by atoms with Crippen molar-refractivity contribution in [2.45, 2.75) is 12.5 Å². The molecule has 9 heteroatoms. The minimum absolute atomic E-state index is 0. The van der Waals surface area contributed by atoms with Crippen molar-refractivity contribution in [1.82, 2.24) is 15.3 Å². The standard InChI is InChI=1S/C13H17FN4O2.2ClH/c1-20-7-9(15)13(19)16-5-4-12-17-10-3-2-8(14)6-11(10)18-12;;/h2-3,6,9H,4-5,7,15H2,1H3,(H,16,19)(H,17,18);2*1H. The topological polar surface area (TPSA) is 93.0 Å². The molecule has 0 radical (unpaired) electrons. The molecule has 1 unspecified atom stereocenters. The molecule has 0 aliphatic heterocycles. The normalized spacial score (nSPS) is 11.4. The first kappa shape index (κ1) is 20.6. The van der Waals surface area contributed by atoms with Crippen LogP contribution in [-0.4, -0.2) is 42.2 Å². The van der Waals surface area contributed by atoms with Gasteiger partial charge >= 0.3 is 0 Å². The van der Waals surface area contributed by atoms with Crippen LogP contribution in [0.3, 0.4) is 0 Å². The molecule has 2 aromatic rings. The van der Waals surface area contributed by atoms with Gasteiger partial charge in [-0.15, -0.1) is 24.8 Å². The molecule has 6 nitrogen and oxygen atoms in total. The number of benzene rings is 1. The number of H-pyrrole nitrogens is 1. The lowest BCUT2D eigenvalue weighted by Crippen LogP contribution is -2.44. The number of imidazole rings is 1. The number of hydrogen-bond acceptors (Lipinski definition) is 4. The lowest BCUT2D eigenvalue weighted by Gasteiger charge is -2.10. The van der Waals surface area contributed by atoms with Gasteiger partial charge in [0.2, 0.25) is 5.91 Å². The lowest BCUT2D eigenvalue weighted by atomic mass is 10.3. The van der Waals surface area contributed by atoms with E-state index in [2.05, 4.69) is 15.3 Å². The number of nitrogens with two attached hydrogens (primary N) is 1. The highest BCUT2D eigenvalue weighted by Crippen LogP contribution is 2.12. The van der Waals surface area contributed by atoms with E-state index in [1.54, 1.807) is 6.07 Å². The quantitative estimate of drug-likeness (QED) is 0.727. The average Bonchev–Trinajstić information content (AvgIpc) is 2.80. The van der Waals surface area contributed by atoms with E-state index in [1.807, 2.05) is 0 Å². The lowest BCUT2D eigenvalue weighted by molar-refractivity contribution is -0.123. The summed E-state index contributed by atoms with van der Waals surface area (Å²) >= 11 is 0. The van der Waals surface area contributed by atoms with Crippen LogP contribution in [-0.2, 0) is 16.0 Å². The van der Waals surface area contributed by atoms with E-state index in [9.17, 15) is 9.18 Å². The fraction of sp³-hybridized carbons (Fsp3) is 0.385. The number of carbonyl (C=O) groups excluding carboxylic acids is 1. The Hall–Kier alpha value is -1.41. The van der Waals surface area contributed by atoms with E-state index in [0.29, 0.717) is 29.8 Å². The number of hydrogen-bond donors (Lipinski definition) is 3. The number of nitrogens with one attached hydrogen (secondary N) is 2. The third-order valence-electron chi connectivity index (χ3n) is 2.84. The molecular weight excluding hydrogens is 334 g/mol. The van der Waals surface area contributed by atoms with Gasteiger partial charge in [0.15, 0.2) is 0 Å². The van der Waals surface area contributed by atoms with Crippen LogP contribution in [0.25, 0.3) is 11.0 Å². The molecule has 0 spiro atoms. The molecule has 0 aliphatic rings. The third-order valence-corrected chi connectivity index (χ3v) is 2.84. The summed E-state index contributed by atoms with van der Waals surface area (Å²) in [5.74, 6) is 0.103. The number of carbonyl (C=O) groups is 1. The van der Waals surface area contributed by atoms with Crippen LogP contribution in [0.15, 0.2) is 18.2 Å². The van der Waals surface area contributed by atoms with Crippen molar-refractivity contribution in [2.24, 2.45) is 5.73 Å². The Balaban J connectivity index is 0.00000220. The summed E-state index contributed by atoms with van der Waals surface area (Å²) in [5, 5.41) is 2.69. The molecule has 1 atom stereocenters. The highest BCUT2D eigenvalue weighted by Gasteiger charge is 2.12. The van der Waals surface area contributed by atoms with E-state index in [1.165, 1.54) is 19.2 Å². The summed E-state index contributed by atoms with van der Waals surface area (Å²) in [6.45, 7) is 0.578. The molecule has 1 aromatic heterocycles. The maximum absolute atomic E-state index is 13.0. The Kier molecular flexibility index (Phi) is 8.96. The van der Waals surface area contributed by atoms with Crippen molar-refractivity contribution in [1.29, 1.82) is 0 Å². The molecule has 0 aliphatic carbocycles. The van der Waals surface area contributed by atoms with Crippen molar-refractivity contribution < 1.29 is 13.9 Å². The van der Waals surface area contributed by atoms with E-state index in [0.717, 1.165) is 0 Å². The number of fused-ring (bicyclic) bond motifs is 1. The maximum atomic E-state index is 13.0. The Morgan fingerprint density at radius 3 is 2.91 bits per heavy atom. The highest BCUT2D eigenvalue weighted by atomic mass is 35.5. The summed E-state index contributed by atoms with van der Waals surface area (Å²) < 4.78 is 17.8. The summed E-state index contributed by atoms with van der Waals surface area (Å²) in [5.41, 5.74) is 6.92. The van der Waals surface area contributed by atoms with Crippen molar-refractivity contribution in [3.05, 3.63) is 29.8 Å². The van der Waals surface area contributed by atoms with Crippen molar-refractivity contribution in [3.63, 3.8) is 0 Å². The monoisotopic (exact) mass is 352 g/mol. The first-order valence-corrected chi connectivity index (χ1v) is 6.26. The van der Waals surface area contributed by atoms with E-state index >= 15 is 0 Å². The SMILES string of the molecule is COCC(N)C(=O)NCCc1nc2ccc(F)cc2[nH]1.Cl.Cl. The Morgan fingerprint density at radius 1 is 1.50 bits per heavy atom. The predicted molar refractivity (Wildman–Crippen MR) is 87.1 cm³/mol. The molecule has 1 heterocycles. The zero-order chi connectivity index (χ0) is 14.5. The van der Waals surface area contributed by atoms with Gasteiger partial charge in [-0.3, -0.25) is 4.79 Å². The summed E-state index contributed by atoms with van der Waals surface area (Å²) in [7, 11) is 1.49. The molecule has 2 rings (SSSR count). The Labute approximate surface area is 139 Å². The van der Waals surface area contributed by atoms with Gasteiger partial charge in [-0.05, 0) is 18.2 Å². The van der Waals surface area contributed by atoms with Gasteiger partial charge in [-0.2, -0.15) is 0 Å². The van der Waals surface area contributed by atoms with Crippen LogP contribution in [0.1, 0.15) is 5.82 Å². The number of aromatic amines is 1. The zero-order valence-electron chi connectivity index (χ0n) is 12.0. The third kappa shape index (κ3) is 5.42. The smallest absolute Gasteiger partial charge is 0.239 e. The fourth-order valence-corrected chi connectivity index (χ4v) is 1.84. The number of rotatable bonds is 6. The minimum atomic E-state index is -0.676. The number of methoxy groups -OCH3 is 1. The summed E-state index contributed by atoms with van der Waals surface area (Å²) in [6, 6.07) is 3.68. The Morgan fingerprint density at radius 2 is 2.23 bits per heavy atom. The van der Waals surface area contributed by atoms with Crippen LogP contribution in [0.4, 0.5) is 4.39 Å². The second-order valence-electron chi connectivity index (χ2n) is 4.45. The molecule has 1 aromatic carbocycles. The van der Waals surface area contributed by atoms with Gasteiger partial charge in [-0.25, -0.2) is 9.37 Å². The largest absolute Gasteiger partial charge is 0.383 e. The first-order valence-electron chi connectivity index (χ1n) is 6.26. The second kappa shape index (κ2) is 9.58. The van der Waals surface area contributed by atoms with Crippen LogP contribution in [0.5, 0.6) is 0 Å². The maximum Gasteiger partial charge on any atom is 0.239 e. The van der Waals surface area contributed by atoms with Crippen molar-refractivity contribution in [2.75, 3.05) is 20.3 Å². The van der Waals surface area contributed by atoms with E-state index in [-0.39, 0.29) is 43.1 Å². The van der Waals surface area contributed by atoms with Gasteiger partial charge in [0.1, 0.15) is 17.7 Å². The molecule has 4 N–H and O–H groups in total. The van der Waals surface area contributed by atoms with Crippen molar-refractivity contribution in [3.8, 4) is 0 Å². The second-order valence-corrected chi connectivity index (χ2v) is 4.45. The minimum Gasteiger partial charge on any atom is -0.383 e. The summed E-state index contributed by atoms with van der Waals surface area (Å²) in [4.78, 5) is 18.9. The highest BCUT2D eigenvalue weighted by molar-refractivity contribution is 5.85. The van der Waals surface area contributed by atoms with E-state index in [4.69, 9.17) is 10.5 Å². The van der Waals surface area contributed by atoms with E-state index < -0.39 is 6.04 Å². The van der Waals surface area contributed by atoms with Crippen LogP contribution in [0.2, 0.25) is 0 Å².